The normalized spacial score (nSPS) is 11.6. The molecule has 0 radical (unpaired) electrons. The first-order valence-electron chi connectivity index (χ1n) is 7.46. The van der Waals surface area contributed by atoms with E-state index in [2.05, 4.69) is 26.0 Å². The fourth-order valence-electron chi connectivity index (χ4n) is 2.30. The lowest BCUT2D eigenvalue weighted by molar-refractivity contribution is 0.0988. The molecule has 0 N–H and O–H groups in total. The van der Waals surface area contributed by atoms with Gasteiger partial charge in [-0.05, 0) is 35.7 Å². The molecule has 118 valence electrons. The third-order valence-corrected chi connectivity index (χ3v) is 3.49. The first-order valence-corrected chi connectivity index (χ1v) is 7.46. The van der Waals surface area contributed by atoms with Crippen LogP contribution in [0.4, 0.5) is 0 Å². The van der Waals surface area contributed by atoms with Gasteiger partial charge in [0.15, 0.2) is 5.78 Å². The second-order valence-corrected chi connectivity index (χ2v) is 5.49. The van der Waals surface area contributed by atoms with E-state index in [4.69, 9.17) is 4.74 Å². The molecule has 2 nitrogen and oxygen atoms in total. The molecule has 1 unspecified atom stereocenters. The highest BCUT2D eigenvalue weighted by Gasteiger charge is 2.17. The van der Waals surface area contributed by atoms with Crippen LogP contribution in [0.25, 0.3) is 0 Å². The van der Waals surface area contributed by atoms with Crippen molar-refractivity contribution < 1.29 is 9.53 Å². The Hall–Kier alpha value is -2.09. The van der Waals surface area contributed by atoms with Crippen molar-refractivity contribution >= 4 is 5.78 Å². The smallest absolute Gasteiger partial charge is 0.162 e. The minimum Gasteiger partial charge on any atom is -0.485 e. The molecule has 2 aromatic rings. The molecule has 2 aromatic carbocycles. The van der Waals surface area contributed by atoms with E-state index in [1.54, 1.807) is 0 Å². The predicted octanol–water partition coefficient (Wildman–Crippen LogP) is 5.69. The van der Waals surface area contributed by atoms with Crippen molar-refractivity contribution in [1.82, 2.24) is 0 Å². The minimum atomic E-state index is 0. The highest BCUT2D eigenvalue weighted by molar-refractivity contribution is 5.95. The maximum absolute atomic E-state index is 11.6. The van der Waals surface area contributed by atoms with Crippen LogP contribution in [0.1, 0.15) is 56.6 Å². The van der Waals surface area contributed by atoms with E-state index < -0.39 is 0 Å². The molecule has 2 rings (SSSR count). The van der Waals surface area contributed by atoms with Crippen LogP contribution in [0, 0.1) is 5.92 Å². The SMILES string of the molecule is C.CCC(=O)c1ccc(OC(c2ccccc2)C(C)C)cc1. The second-order valence-electron chi connectivity index (χ2n) is 5.49. The van der Waals surface area contributed by atoms with Gasteiger partial charge in [0.2, 0.25) is 0 Å². The lowest BCUT2D eigenvalue weighted by Crippen LogP contribution is -2.14. The van der Waals surface area contributed by atoms with Gasteiger partial charge in [0.05, 0.1) is 0 Å². The molecule has 2 heteroatoms. The molecular weight excluding hydrogens is 272 g/mol. The lowest BCUT2D eigenvalue weighted by atomic mass is 9.99. The second kappa shape index (κ2) is 8.38. The Balaban J connectivity index is 0.00000242. The quantitative estimate of drug-likeness (QED) is 0.640. The van der Waals surface area contributed by atoms with Crippen LogP contribution >= 0.6 is 0 Å². The van der Waals surface area contributed by atoms with Gasteiger partial charge >= 0.3 is 0 Å². The topological polar surface area (TPSA) is 26.3 Å². The van der Waals surface area contributed by atoms with Crippen LogP contribution in [0.15, 0.2) is 54.6 Å². The zero-order valence-corrected chi connectivity index (χ0v) is 12.9. The molecule has 0 saturated heterocycles. The number of benzene rings is 2. The first-order chi connectivity index (χ1) is 10.1. The van der Waals surface area contributed by atoms with Crippen LogP contribution in [-0.2, 0) is 0 Å². The van der Waals surface area contributed by atoms with Gasteiger partial charge in [0, 0.05) is 12.0 Å². The average Bonchev–Trinajstić information content (AvgIpc) is 2.53. The largest absolute Gasteiger partial charge is 0.485 e. The number of ether oxygens (including phenoxy) is 1. The van der Waals surface area contributed by atoms with Gasteiger partial charge in [0.1, 0.15) is 11.9 Å². The highest BCUT2D eigenvalue weighted by Crippen LogP contribution is 2.28. The van der Waals surface area contributed by atoms with Gasteiger partial charge in [-0.15, -0.1) is 0 Å². The Labute approximate surface area is 134 Å². The molecule has 22 heavy (non-hydrogen) atoms. The number of hydrogen-bond donors (Lipinski definition) is 0. The number of rotatable bonds is 6. The van der Waals surface area contributed by atoms with Crippen LogP contribution in [0.3, 0.4) is 0 Å². The summed E-state index contributed by atoms with van der Waals surface area (Å²) >= 11 is 0. The fraction of sp³-hybridized carbons (Fsp3) is 0.350. The van der Waals surface area contributed by atoms with Gasteiger partial charge < -0.3 is 4.74 Å². The summed E-state index contributed by atoms with van der Waals surface area (Å²) in [5.74, 6) is 1.32. The summed E-state index contributed by atoms with van der Waals surface area (Å²) in [6.45, 7) is 6.16. The molecule has 0 heterocycles. The molecule has 1 atom stereocenters. The van der Waals surface area contributed by atoms with E-state index >= 15 is 0 Å². The molecular formula is C20H26O2. The molecule has 0 bridgehead atoms. The Bertz CT molecular complexity index is 570. The van der Waals surface area contributed by atoms with Crippen LogP contribution in [0.2, 0.25) is 0 Å². The average molecular weight is 298 g/mol. The summed E-state index contributed by atoms with van der Waals surface area (Å²) in [6, 6.07) is 17.6. The van der Waals surface area contributed by atoms with Crippen LogP contribution in [-0.4, -0.2) is 5.78 Å². The number of hydrogen-bond acceptors (Lipinski definition) is 2. The van der Waals surface area contributed by atoms with Gasteiger partial charge in [-0.3, -0.25) is 4.79 Å². The molecule has 0 amide bonds. The molecule has 0 aliphatic carbocycles. The van der Waals surface area contributed by atoms with Gasteiger partial charge in [-0.25, -0.2) is 0 Å². The fourth-order valence-corrected chi connectivity index (χ4v) is 2.30. The van der Waals surface area contributed by atoms with E-state index in [9.17, 15) is 4.79 Å². The lowest BCUT2D eigenvalue weighted by Gasteiger charge is -2.23. The molecule has 0 spiro atoms. The van der Waals surface area contributed by atoms with E-state index in [0.717, 1.165) is 11.3 Å². The van der Waals surface area contributed by atoms with Crippen LogP contribution < -0.4 is 4.74 Å². The molecule has 0 aromatic heterocycles. The van der Waals surface area contributed by atoms with E-state index in [1.165, 1.54) is 5.56 Å². The summed E-state index contributed by atoms with van der Waals surface area (Å²) in [4.78, 5) is 11.6. The Morgan fingerprint density at radius 2 is 1.59 bits per heavy atom. The van der Waals surface area contributed by atoms with E-state index in [-0.39, 0.29) is 19.3 Å². The van der Waals surface area contributed by atoms with Gasteiger partial charge in [0.25, 0.3) is 0 Å². The molecule has 0 aliphatic rings. The third kappa shape index (κ3) is 4.45. The van der Waals surface area contributed by atoms with Crippen molar-refractivity contribution in [2.45, 2.75) is 40.7 Å². The number of Topliss-reactive ketones (excluding diaryl/α,β-unsaturated/α-hetero) is 1. The molecule has 0 saturated carbocycles. The summed E-state index contributed by atoms with van der Waals surface area (Å²) in [6.07, 6.45) is 0.540. The zero-order chi connectivity index (χ0) is 15.2. The van der Waals surface area contributed by atoms with E-state index in [0.29, 0.717) is 12.3 Å². The summed E-state index contributed by atoms with van der Waals surface area (Å²) in [5.41, 5.74) is 1.91. The first kappa shape index (κ1) is 18.0. The van der Waals surface area contributed by atoms with E-state index in [1.807, 2.05) is 49.4 Å². The summed E-state index contributed by atoms with van der Waals surface area (Å²) < 4.78 is 6.12. The van der Waals surface area contributed by atoms with Crippen molar-refractivity contribution in [1.29, 1.82) is 0 Å². The monoisotopic (exact) mass is 298 g/mol. The van der Waals surface area contributed by atoms with Crippen molar-refractivity contribution in [3.05, 3.63) is 65.7 Å². The summed E-state index contributed by atoms with van der Waals surface area (Å²) in [7, 11) is 0. The van der Waals surface area contributed by atoms with Crippen molar-refractivity contribution in [3.63, 3.8) is 0 Å². The molecule has 0 fully saturated rings. The number of carbonyl (C=O) groups is 1. The van der Waals surface area contributed by atoms with Crippen LogP contribution in [0.5, 0.6) is 5.75 Å². The maximum atomic E-state index is 11.6. The predicted molar refractivity (Wildman–Crippen MR) is 92.4 cm³/mol. The Kier molecular flexibility index (Phi) is 6.84. The highest BCUT2D eigenvalue weighted by atomic mass is 16.5. The summed E-state index contributed by atoms with van der Waals surface area (Å²) in [5, 5.41) is 0. The Morgan fingerprint density at radius 3 is 2.09 bits per heavy atom. The molecule has 0 aliphatic heterocycles. The number of ketones is 1. The van der Waals surface area contributed by atoms with Crippen molar-refractivity contribution in [2.75, 3.05) is 0 Å². The standard InChI is InChI=1S/C19H22O2.CH4/c1-4-18(20)15-10-12-17(13-11-15)21-19(14(2)3)16-8-6-5-7-9-16;/h5-14,19H,4H2,1-3H3;1H4. The third-order valence-electron chi connectivity index (χ3n) is 3.49. The van der Waals surface area contributed by atoms with Crippen molar-refractivity contribution in [3.8, 4) is 5.75 Å². The number of carbonyl (C=O) groups excluding carboxylic acids is 1. The Morgan fingerprint density at radius 1 is 1.00 bits per heavy atom. The zero-order valence-electron chi connectivity index (χ0n) is 12.9. The van der Waals surface area contributed by atoms with Gasteiger partial charge in [-0.1, -0.05) is 58.5 Å². The van der Waals surface area contributed by atoms with Crippen molar-refractivity contribution in [2.24, 2.45) is 5.92 Å². The van der Waals surface area contributed by atoms with Gasteiger partial charge in [-0.2, -0.15) is 0 Å². The minimum absolute atomic E-state index is 0. The maximum Gasteiger partial charge on any atom is 0.162 e.